The number of anilines is 1. The minimum Gasteiger partial charge on any atom is -0.323 e. The van der Waals surface area contributed by atoms with Crippen LogP contribution in [0.1, 0.15) is 42.5 Å². The van der Waals surface area contributed by atoms with Gasteiger partial charge < -0.3 is 4.90 Å². The Morgan fingerprint density at radius 3 is 2.34 bits per heavy atom. The van der Waals surface area contributed by atoms with E-state index < -0.39 is 23.7 Å². The first-order chi connectivity index (χ1) is 14.0. The Morgan fingerprint density at radius 1 is 1.03 bits per heavy atom. The number of carbonyl (C=O) groups excluding carboxylic acids is 3. The van der Waals surface area contributed by atoms with Crippen LogP contribution in [-0.2, 0) is 9.59 Å². The van der Waals surface area contributed by atoms with Crippen LogP contribution in [0.2, 0.25) is 0 Å². The highest BCUT2D eigenvalue weighted by Crippen LogP contribution is 2.33. The molecular weight excluding hydrogens is 439 g/mol. The van der Waals surface area contributed by atoms with Crippen LogP contribution in [0.15, 0.2) is 53.0 Å². The summed E-state index contributed by atoms with van der Waals surface area (Å²) in [6.45, 7) is 0. The summed E-state index contributed by atoms with van der Waals surface area (Å²) in [6.07, 6.45) is 3.28. The highest BCUT2D eigenvalue weighted by molar-refractivity contribution is 9.10. The van der Waals surface area contributed by atoms with Gasteiger partial charge in [0.05, 0.1) is 17.7 Å². The molecule has 4 rings (SSSR count). The minimum absolute atomic E-state index is 0.0678. The Kier molecular flexibility index (Phi) is 5.50. The van der Waals surface area contributed by atoms with Gasteiger partial charge in [-0.15, -0.1) is 0 Å². The molecule has 2 aromatic carbocycles. The molecular formula is C22H20BrFN2O3. The maximum atomic E-state index is 14.3. The average molecular weight is 459 g/mol. The van der Waals surface area contributed by atoms with E-state index in [0.29, 0.717) is 5.69 Å². The molecule has 0 bridgehead atoms. The van der Waals surface area contributed by atoms with Crippen molar-refractivity contribution in [2.24, 2.45) is 0 Å². The first kappa shape index (κ1) is 19.8. The zero-order chi connectivity index (χ0) is 20.5. The van der Waals surface area contributed by atoms with Crippen LogP contribution in [-0.4, -0.2) is 34.7 Å². The number of benzene rings is 2. The maximum Gasteiger partial charge on any atom is 0.257 e. The van der Waals surface area contributed by atoms with Gasteiger partial charge in [-0.1, -0.05) is 40.9 Å². The van der Waals surface area contributed by atoms with Gasteiger partial charge in [0.15, 0.2) is 0 Å². The number of imide groups is 1. The lowest BCUT2D eigenvalue weighted by Gasteiger charge is -2.33. The van der Waals surface area contributed by atoms with Gasteiger partial charge in [-0.3, -0.25) is 14.4 Å². The summed E-state index contributed by atoms with van der Waals surface area (Å²) in [7, 11) is 0. The number of carbonyl (C=O) groups is 3. The Hall–Kier alpha value is -2.54. The molecule has 2 aromatic rings. The Bertz CT molecular complexity index is 957. The molecule has 1 atom stereocenters. The van der Waals surface area contributed by atoms with Gasteiger partial charge in [-0.25, -0.2) is 9.29 Å². The fraction of sp³-hybridized carbons (Fsp3) is 0.318. The van der Waals surface area contributed by atoms with Crippen LogP contribution in [0, 0.1) is 5.82 Å². The quantitative estimate of drug-likeness (QED) is 0.641. The average Bonchev–Trinajstić information content (AvgIpc) is 3.32. The van der Waals surface area contributed by atoms with Crippen molar-refractivity contribution >= 4 is 39.3 Å². The minimum atomic E-state index is -0.915. The molecule has 0 spiro atoms. The summed E-state index contributed by atoms with van der Waals surface area (Å²) in [5.74, 6) is -1.94. The van der Waals surface area contributed by atoms with Crippen LogP contribution >= 0.6 is 15.9 Å². The molecule has 0 radical (unpaired) electrons. The second-order valence-electron chi connectivity index (χ2n) is 7.39. The smallest absolute Gasteiger partial charge is 0.257 e. The van der Waals surface area contributed by atoms with Crippen molar-refractivity contribution < 1.29 is 18.8 Å². The van der Waals surface area contributed by atoms with Crippen molar-refractivity contribution in [2.75, 3.05) is 4.90 Å². The van der Waals surface area contributed by atoms with Crippen LogP contribution in [0.25, 0.3) is 0 Å². The molecule has 7 heteroatoms. The molecule has 5 nitrogen and oxygen atoms in total. The van der Waals surface area contributed by atoms with Gasteiger partial charge in [0.1, 0.15) is 11.9 Å². The van der Waals surface area contributed by atoms with E-state index in [1.165, 1.54) is 23.1 Å². The van der Waals surface area contributed by atoms with E-state index >= 15 is 0 Å². The third kappa shape index (κ3) is 3.71. The van der Waals surface area contributed by atoms with Crippen LogP contribution < -0.4 is 4.90 Å². The van der Waals surface area contributed by atoms with E-state index in [4.69, 9.17) is 0 Å². The molecule has 2 aliphatic rings. The molecule has 1 saturated carbocycles. The molecule has 0 N–H and O–H groups in total. The van der Waals surface area contributed by atoms with Gasteiger partial charge in [-0.2, -0.15) is 0 Å². The molecule has 3 amide bonds. The topological polar surface area (TPSA) is 57.7 Å². The number of amides is 3. The fourth-order valence-electron chi connectivity index (χ4n) is 4.21. The number of halogens is 2. The second kappa shape index (κ2) is 8.06. The van der Waals surface area contributed by atoms with Crippen LogP contribution in [0.4, 0.5) is 10.1 Å². The molecule has 1 unspecified atom stereocenters. The van der Waals surface area contributed by atoms with E-state index in [-0.39, 0.29) is 23.9 Å². The SMILES string of the molecule is O=C1CC(N(C(=O)c2ccccc2F)C2CCCC2)C(=O)N1c1ccc(Br)cc1. The van der Waals surface area contributed by atoms with Gasteiger partial charge in [0, 0.05) is 10.5 Å². The van der Waals surface area contributed by atoms with Crippen molar-refractivity contribution in [1.29, 1.82) is 0 Å². The fourth-order valence-corrected chi connectivity index (χ4v) is 4.48. The van der Waals surface area contributed by atoms with Crippen molar-refractivity contribution in [2.45, 2.75) is 44.2 Å². The van der Waals surface area contributed by atoms with Gasteiger partial charge in [0.25, 0.3) is 11.8 Å². The van der Waals surface area contributed by atoms with E-state index in [2.05, 4.69) is 15.9 Å². The summed E-state index contributed by atoms with van der Waals surface area (Å²) in [5, 5.41) is 0. The third-order valence-electron chi connectivity index (χ3n) is 5.60. The normalized spacial score (nSPS) is 19.8. The highest BCUT2D eigenvalue weighted by atomic mass is 79.9. The van der Waals surface area contributed by atoms with Crippen LogP contribution in [0.3, 0.4) is 0 Å². The van der Waals surface area contributed by atoms with Gasteiger partial charge in [-0.05, 0) is 49.2 Å². The van der Waals surface area contributed by atoms with Gasteiger partial charge in [0.2, 0.25) is 5.91 Å². The molecule has 1 aliphatic carbocycles. The van der Waals surface area contributed by atoms with Gasteiger partial charge >= 0.3 is 0 Å². The standard InChI is InChI=1S/C22H20BrFN2O3/c23-14-9-11-16(12-10-14)26-20(27)13-19(22(26)29)25(15-5-1-2-6-15)21(28)17-7-3-4-8-18(17)24/h3-4,7-12,15,19H,1-2,5-6,13H2. The first-order valence-corrected chi connectivity index (χ1v) is 10.5. The van der Waals surface area contributed by atoms with E-state index in [9.17, 15) is 18.8 Å². The van der Waals surface area contributed by atoms with Crippen molar-refractivity contribution in [3.05, 3.63) is 64.4 Å². The predicted molar refractivity (Wildman–Crippen MR) is 110 cm³/mol. The highest BCUT2D eigenvalue weighted by Gasteiger charge is 2.47. The number of hydrogen-bond donors (Lipinski definition) is 0. The van der Waals surface area contributed by atoms with E-state index in [1.54, 1.807) is 30.3 Å². The Balaban J connectivity index is 1.69. The number of nitrogens with zero attached hydrogens (tertiary/aromatic N) is 2. The van der Waals surface area contributed by atoms with Crippen LogP contribution in [0.5, 0.6) is 0 Å². The van der Waals surface area contributed by atoms with Crippen molar-refractivity contribution in [1.82, 2.24) is 4.90 Å². The monoisotopic (exact) mass is 458 g/mol. The first-order valence-electron chi connectivity index (χ1n) is 9.67. The zero-order valence-corrected chi connectivity index (χ0v) is 17.3. The lowest BCUT2D eigenvalue weighted by molar-refractivity contribution is -0.123. The Labute approximate surface area is 176 Å². The van der Waals surface area contributed by atoms with Crippen molar-refractivity contribution in [3.63, 3.8) is 0 Å². The van der Waals surface area contributed by atoms with Crippen molar-refractivity contribution in [3.8, 4) is 0 Å². The summed E-state index contributed by atoms with van der Waals surface area (Å²) in [5.41, 5.74) is 0.400. The molecule has 1 aliphatic heterocycles. The predicted octanol–water partition coefficient (Wildman–Crippen LogP) is 4.31. The summed E-state index contributed by atoms with van der Waals surface area (Å²) in [4.78, 5) is 41.8. The molecule has 0 aromatic heterocycles. The number of hydrogen-bond acceptors (Lipinski definition) is 3. The largest absolute Gasteiger partial charge is 0.323 e. The summed E-state index contributed by atoms with van der Waals surface area (Å²) >= 11 is 3.34. The zero-order valence-electron chi connectivity index (χ0n) is 15.7. The van der Waals surface area contributed by atoms with E-state index in [0.717, 1.165) is 35.1 Å². The summed E-state index contributed by atoms with van der Waals surface area (Å²) in [6, 6.07) is 11.6. The molecule has 1 heterocycles. The lowest BCUT2D eigenvalue weighted by Crippen LogP contribution is -2.50. The Morgan fingerprint density at radius 2 is 1.69 bits per heavy atom. The van der Waals surface area contributed by atoms with E-state index in [1.807, 2.05) is 0 Å². The second-order valence-corrected chi connectivity index (χ2v) is 8.31. The molecule has 29 heavy (non-hydrogen) atoms. The number of rotatable bonds is 4. The molecule has 150 valence electrons. The summed E-state index contributed by atoms with van der Waals surface area (Å²) < 4.78 is 15.1. The molecule has 1 saturated heterocycles. The maximum absolute atomic E-state index is 14.3. The third-order valence-corrected chi connectivity index (χ3v) is 6.13. The lowest BCUT2D eigenvalue weighted by atomic mass is 10.1. The molecule has 2 fully saturated rings.